The van der Waals surface area contributed by atoms with Gasteiger partial charge in [-0.1, -0.05) is 20.8 Å². The fourth-order valence-electron chi connectivity index (χ4n) is 1.71. The van der Waals surface area contributed by atoms with Crippen molar-refractivity contribution in [3.8, 4) is 0 Å². The summed E-state index contributed by atoms with van der Waals surface area (Å²) in [6.45, 7) is 9.99. The third-order valence-corrected chi connectivity index (χ3v) is 2.30. The Morgan fingerprint density at radius 3 is 2.47 bits per heavy atom. The first-order valence-electron chi connectivity index (χ1n) is 6.04. The van der Waals surface area contributed by atoms with E-state index in [4.69, 9.17) is 9.47 Å². The van der Waals surface area contributed by atoms with Crippen LogP contribution in [-0.2, 0) is 9.47 Å². The fourth-order valence-corrected chi connectivity index (χ4v) is 1.71. The molecule has 0 saturated heterocycles. The molecule has 0 aliphatic rings. The van der Waals surface area contributed by atoms with Gasteiger partial charge in [-0.3, -0.25) is 0 Å². The number of methoxy groups -OCH3 is 1. The molecule has 2 unspecified atom stereocenters. The van der Waals surface area contributed by atoms with E-state index in [9.17, 15) is 0 Å². The summed E-state index contributed by atoms with van der Waals surface area (Å²) >= 11 is 0. The summed E-state index contributed by atoms with van der Waals surface area (Å²) in [5.41, 5.74) is 0. The summed E-state index contributed by atoms with van der Waals surface area (Å²) in [5, 5.41) is 3.45. The first-order valence-corrected chi connectivity index (χ1v) is 6.04. The van der Waals surface area contributed by atoms with E-state index in [0.717, 1.165) is 39.2 Å². The van der Waals surface area contributed by atoms with Crippen LogP contribution >= 0.6 is 0 Å². The quantitative estimate of drug-likeness (QED) is 0.568. The number of nitrogens with one attached hydrogen (secondary N) is 1. The molecule has 0 aromatic heterocycles. The second-order valence-electron chi connectivity index (χ2n) is 4.13. The standard InChI is InChI=1S/C12H27NO2/c1-5-7-15-10-12(13-6-2)8-11(3)9-14-4/h11-13H,5-10H2,1-4H3. The van der Waals surface area contributed by atoms with Crippen molar-refractivity contribution >= 4 is 0 Å². The predicted octanol–water partition coefficient (Wildman–Crippen LogP) is 2.06. The highest BCUT2D eigenvalue weighted by Gasteiger charge is 2.12. The monoisotopic (exact) mass is 217 g/mol. The highest BCUT2D eigenvalue weighted by molar-refractivity contribution is 4.68. The van der Waals surface area contributed by atoms with Crippen molar-refractivity contribution in [2.24, 2.45) is 5.92 Å². The minimum absolute atomic E-state index is 0.465. The summed E-state index contributed by atoms with van der Waals surface area (Å²) in [6.07, 6.45) is 2.21. The van der Waals surface area contributed by atoms with Gasteiger partial charge in [0, 0.05) is 26.4 Å². The normalized spacial score (nSPS) is 15.2. The number of rotatable bonds is 10. The maximum absolute atomic E-state index is 5.57. The molecule has 0 aliphatic carbocycles. The average molecular weight is 217 g/mol. The van der Waals surface area contributed by atoms with Crippen molar-refractivity contribution in [1.29, 1.82) is 0 Å². The van der Waals surface area contributed by atoms with E-state index in [-0.39, 0.29) is 0 Å². The number of likely N-dealkylation sites (N-methyl/N-ethyl adjacent to an activating group) is 1. The second-order valence-corrected chi connectivity index (χ2v) is 4.13. The van der Waals surface area contributed by atoms with Gasteiger partial charge in [-0.25, -0.2) is 0 Å². The molecule has 0 amide bonds. The predicted molar refractivity (Wildman–Crippen MR) is 64.2 cm³/mol. The van der Waals surface area contributed by atoms with Crippen molar-refractivity contribution in [2.75, 3.05) is 33.5 Å². The second kappa shape index (κ2) is 10.4. The summed E-state index contributed by atoms with van der Waals surface area (Å²) in [7, 11) is 1.76. The van der Waals surface area contributed by atoms with Crippen molar-refractivity contribution < 1.29 is 9.47 Å². The molecule has 0 spiro atoms. The van der Waals surface area contributed by atoms with Gasteiger partial charge in [-0.05, 0) is 25.3 Å². The first kappa shape index (κ1) is 14.9. The van der Waals surface area contributed by atoms with Gasteiger partial charge in [0.1, 0.15) is 0 Å². The SMILES string of the molecule is CCCOCC(CC(C)COC)NCC. The van der Waals surface area contributed by atoms with E-state index in [1.165, 1.54) is 0 Å². The third kappa shape index (κ3) is 8.85. The molecule has 15 heavy (non-hydrogen) atoms. The molecular weight excluding hydrogens is 190 g/mol. The maximum Gasteiger partial charge on any atom is 0.0619 e. The highest BCUT2D eigenvalue weighted by atomic mass is 16.5. The molecule has 0 aliphatic heterocycles. The van der Waals surface area contributed by atoms with Crippen LogP contribution in [-0.4, -0.2) is 39.5 Å². The van der Waals surface area contributed by atoms with Crippen molar-refractivity contribution in [3.05, 3.63) is 0 Å². The lowest BCUT2D eigenvalue weighted by molar-refractivity contribution is 0.0934. The Balaban J connectivity index is 3.70. The van der Waals surface area contributed by atoms with E-state index < -0.39 is 0 Å². The number of hydrogen-bond donors (Lipinski definition) is 1. The fraction of sp³-hybridized carbons (Fsp3) is 1.00. The molecule has 0 fully saturated rings. The Morgan fingerprint density at radius 1 is 1.20 bits per heavy atom. The molecule has 1 N–H and O–H groups in total. The van der Waals surface area contributed by atoms with Crippen molar-refractivity contribution in [2.45, 2.75) is 39.7 Å². The van der Waals surface area contributed by atoms with Crippen molar-refractivity contribution in [1.82, 2.24) is 5.32 Å². The Kier molecular flexibility index (Phi) is 10.3. The van der Waals surface area contributed by atoms with Crippen LogP contribution in [0.25, 0.3) is 0 Å². The van der Waals surface area contributed by atoms with Crippen LogP contribution in [0.1, 0.15) is 33.6 Å². The molecule has 0 aromatic rings. The molecule has 0 radical (unpaired) electrons. The zero-order valence-electron chi connectivity index (χ0n) is 10.7. The van der Waals surface area contributed by atoms with Gasteiger partial charge in [-0.15, -0.1) is 0 Å². The van der Waals surface area contributed by atoms with Crippen LogP contribution in [0, 0.1) is 5.92 Å². The Morgan fingerprint density at radius 2 is 1.93 bits per heavy atom. The maximum atomic E-state index is 5.57. The van der Waals surface area contributed by atoms with E-state index in [0.29, 0.717) is 12.0 Å². The lowest BCUT2D eigenvalue weighted by Gasteiger charge is -2.21. The summed E-state index contributed by atoms with van der Waals surface area (Å²) in [6, 6.07) is 0.465. The van der Waals surface area contributed by atoms with Crippen LogP contribution in [0.4, 0.5) is 0 Å². The summed E-state index contributed by atoms with van der Waals surface area (Å²) in [4.78, 5) is 0. The Hall–Kier alpha value is -0.120. The Bertz CT molecular complexity index is 131. The molecule has 2 atom stereocenters. The number of hydrogen-bond acceptors (Lipinski definition) is 3. The minimum Gasteiger partial charge on any atom is -0.384 e. The molecule has 0 aromatic carbocycles. The molecule has 0 heterocycles. The smallest absolute Gasteiger partial charge is 0.0619 e. The van der Waals surface area contributed by atoms with Crippen molar-refractivity contribution in [3.63, 3.8) is 0 Å². The van der Waals surface area contributed by atoms with Crippen LogP contribution < -0.4 is 5.32 Å². The van der Waals surface area contributed by atoms with Gasteiger partial charge in [-0.2, -0.15) is 0 Å². The third-order valence-electron chi connectivity index (χ3n) is 2.30. The molecule has 3 heteroatoms. The topological polar surface area (TPSA) is 30.5 Å². The van der Waals surface area contributed by atoms with Crippen LogP contribution in [0.15, 0.2) is 0 Å². The van der Waals surface area contributed by atoms with Gasteiger partial charge in [0.25, 0.3) is 0 Å². The molecule has 3 nitrogen and oxygen atoms in total. The zero-order valence-corrected chi connectivity index (χ0v) is 10.7. The van der Waals surface area contributed by atoms with E-state index in [1.807, 2.05) is 0 Å². The van der Waals surface area contributed by atoms with E-state index in [2.05, 4.69) is 26.1 Å². The van der Waals surface area contributed by atoms with E-state index in [1.54, 1.807) is 7.11 Å². The summed E-state index contributed by atoms with van der Waals surface area (Å²) < 4.78 is 10.7. The number of ether oxygens (including phenoxy) is 2. The average Bonchev–Trinajstić information content (AvgIpc) is 2.18. The van der Waals surface area contributed by atoms with Gasteiger partial charge in [0.05, 0.1) is 6.61 Å². The lowest BCUT2D eigenvalue weighted by atomic mass is 10.0. The molecule has 0 saturated carbocycles. The van der Waals surface area contributed by atoms with Gasteiger partial charge in [0.2, 0.25) is 0 Å². The molecule has 92 valence electrons. The van der Waals surface area contributed by atoms with Crippen LogP contribution in [0.3, 0.4) is 0 Å². The van der Waals surface area contributed by atoms with Gasteiger partial charge in [0.15, 0.2) is 0 Å². The van der Waals surface area contributed by atoms with Crippen LogP contribution in [0.5, 0.6) is 0 Å². The largest absolute Gasteiger partial charge is 0.384 e. The highest BCUT2D eigenvalue weighted by Crippen LogP contribution is 2.07. The zero-order chi connectivity index (χ0) is 11.5. The lowest BCUT2D eigenvalue weighted by Crippen LogP contribution is -2.35. The first-order chi connectivity index (χ1) is 7.24. The molecule has 0 rings (SSSR count). The van der Waals surface area contributed by atoms with Gasteiger partial charge >= 0.3 is 0 Å². The Labute approximate surface area is 94.5 Å². The molecule has 0 bridgehead atoms. The molecular formula is C12H27NO2. The van der Waals surface area contributed by atoms with Gasteiger partial charge < -0.3 is 14.8 Å². The summed E-state index contributed by atoms with van der Waals surface area (Å²) in [5.74, 6) is 0.587. The van der Waals surface area contributed by atoms with E-state index >= 15 is 0 Å². The minimum atomic E-state index is 0.465. The van der Waals surface area contributed by atoms with Crippen LogP contribution in [0.2, 0.25) is 0 Å².